The van der Waals surface area contributed by atoms with Crippen LogP contribution in [0.3, 0.4) is 0 Å². The lowest BCUT2D eigenvalue weighted by molar-refractivity contribution is -0.163. The highest BCUT2D eigenvalue weighted by molar-refractivity contribution is 5.82. The molecule has 4 nitrogen and oxygen atoms in total. The first-order chi connectivity index (χ1) is 13.6. The zero-order valence-electron chi connectivity index (χ0n) is 18.7. The van der Waals surface area contributed by atoms with Gasteiger partial charge in [-0.3, -0.25) is 9.59 Å². The zero-order chi connectivity index (χ0) is 20.6. The Kier molecular flexibility index (Phi) is 14.1. The highest BCUT2D eigenvalue weighted by Crippen LogP contribution is 2.32. The highest BCUT2D eigenvalue weighted by atomic mass is 16.5. The van der Waals surface area contributed by atoms with E-state index >= 15 is 0 Å². The molecule has 0 heterocycles. The molecule has 2 atom stereocenters. The van der Waals surface area contributed by atoms with Gasteiger partial charge in [0.1, 0.15) is 0 Å². The van der Waals surface area contributed by atoms with Gasteiger partial charge in [-0.05, 0) is 25.2 Å². The molecule has 1 rings (SSSR count). The Labute approximate surface area is 173 Å². The summed E-state index contributed by atoms with van der Waals surface area (Å²) in [6, 6.07) is 0. The normalized spacial score (nSPS) is 19.6. The van der Waals surface area contributed by atoms with E-state index in [1.165, 1.54) is 51.4 Å². The minimum atomic E-state index is -0.312. The standard InChI is InChI=1S/C24H44O4/c1-4-5-6-7-8-9-10-11-12-15-18-27-23(25)21-16-13-14-17-22(21)24(26)28-19-20(2)3/h20-22H,4-19H2,1-3H3. The number of unbranched alkanes of at least 4 members (excludes halogenated alkanes) is 9. The number of carbonyl (C=O) groups excluding carboxylic acids is 2. The summed E-state index contributed by atoms with van der Waals surface area (Å²) in [7, 11) is 0. The zero-order valence-corrected chi connectivity index (χ0v) is 18.7. The summed E-state index contributed by atoms with van der Waals surface area (Å²) in [5.41, 5.74) is 0. The summed E-state index contributed by atoms with van der Waals surface area (Å²) < 4.78 is 10.9. The van der Waals surface area contributed by atoms with Crippen molar-refractivity contribution in [3.8, 4) is 0 Å². The average Bonchev–Trinajstić information content (AvgIpc) is 2.70. The molecule has 0 radical (unpaired) electrons. The third-order valence-corrected chi connectivity index (χ3v) is 5.67. The predicted octanol–water partition coefficient (Wildman–Crippen LogP) is 6.46. The van der Waals surface area contributed by atoms with Gasteiger partial charge >= 0.3 is 11.9 Å². The molecule has 4 heteroatoms. The summed E-state index contributed by atoms with van der Waals surface area (Å²) in [5, 5.41) is 0. The van der Waals surface area contributed by atoms with Crippen LogP contribution >= 0.6 is 0 Å². The fraction of sp³-hybridized carbons (Fsp3) is 0.917. The lowest BCUT2D eigenvalue weighted by Gasteiger charge is -2.28. The second-order valence-electron chi connectivity index (χ2n) is 8.87. The molecule has 0 bridgehead atoms. The summed E-state index contributed by atoms with van der Waals surface area (Å²) in [4.78, 5) is 24.8. The average molecular weight is 397 g/mol. The molecule has 1 fully saturated rings. The predicted molar refractivity (Wildman–Crippen MR) is 114 cm³/mol. The lowest BCUT2D eigenvalue weighted by atomic mass is 9.79. The van der Waals surface area contributed by atoms with Crippen LogP contribution in [0.25, 0.3) is 0 Å². The van der Waals surface area contributed by atoms with Crippen LogP contribution in [0.5, 0.6) is 0 Å². The summed E-state index contributed by atoms with van der Waals surface area (Å²) >= 11 is 0. The quantitative estimate of drug-likeness (QED) is 0.235. The number of hydrogen-bond donors (Lipinski definition) is 0. The monoisotopic (exact) mass is 396 g/mol. The Hall–Kier alpha value is -1.06. The van der Waals surface area contributed by atoms with Gasteiger partial charge in [0.25, 0.3) is 0 Å². The third-order valence-electron chi connectivity index (χ3n) is 5.67. The largest absolute Gasteiger partial charge is 0.465 e. The van der Waals surface area contributed by atoms with Crippen molar-refractivity contribution in [2.45, 2.75) is 111 Å². The molecular weight excluding hydrogens is 352 g/mol. The second kappa shape index (κ2) is 15.8. The van der Waals surface area contributed by atoms with Gasteiger partial charge in [0.2, 0.25) is 0 Å². The summed E-state index contributed by atoms with van der Waals surface area (Å²) in [6.45, 7) is 7.20. The summed E-state index contributed by atoms with van der Waals surface area (Å²) in [5.74, 6) is -0.713. The van der Waals surface area contributed by atoms with E-state index in [0.717, 1.165) is 38.5 Å². The van der Waals surface area contributed by atoms with Crippen molar-refractivity contribution in [3.63, 3.8) is 0 Å². The number of rotatable bonds is 15. The van der Waals surface area contributed by atoms with Crippen LogP contribution in [0, 0.1) is 17.8 Å². The van der Waals surface area contributed by atoms with Crippen molar-refractivity contribution in [2.24, 2.45) is 17.8 Å². The first-order valence-corrected chi connectivity index (χ1v) is 11.9. The number of carbonyl (C=O) groups is 2. The second-order valence-corrected chi connectivity index (χ2v) is 8.87. The summed E-state index contributed by atoms with van der Waals surface area (Å²) in [6.07, 6.45) is 16.1. The van der Waals surface area contributed by atoms with Gasteiger partial charge in [-0.1, -0.05) is 91.4 Å². The topological polar surface area (TPSA) is 52.6 Å². The Morgan fingerprint density at radius 3 is 1.71 bits per heavy atom. The van der Waals surface area contributed by atoms with Crippen LogP contribution in [0.4, 0.5) is 0 Å². The van der Waals surface area contributed by atoms with E-state index in [4.69, 9.17) is 9.47 Å². The van der Waals surface area contributed by atoms with E-state index in [9.17, 15) is 9.59 Å². The van der Waals surface area contributed by atoms with Gasteiger partial charge in [0.15, 0.2) is 0 Å². The highest BCUT2D eigenvalue weighted by Gasteiger charge is 2.37. The molecular formula is C24H44O4. The first kappa shape index (κ1) is 25.0. The molecule has 0 aromatic carbocycles. The number of esters is 2. The van der Waals surface area contributed by atoms with Crippen molar-refractivity contribution < 1.29 is 19.1 Å². The Morgan fingerprint density at radius 1 is 0.750 bits per heavy atom. The van der Waals surface area contributed by atoms with E-state index < -0.39 is 0 Å². The van der Waals surface area contributed by atoms with Gasteiger partial charge in [-0.2, -0.15) is 0 Å². The smallest absolute Gasteiger partial charge is 0.309 e. The Balaban J connectivity index is 2.14. The van der Waals surface area contributed by atoms with E-state index in [-0.39, 0.29) is 23.8 Å². The van der Waals surface area contributed by atoms with E-state index in [1.807, 2.05) is 13.8 Å². The van der Waals surface area contributed by atoms with Crippen LogP contribution in [-0.4, -0.2) is 25.2 Å². The molecule has 0 amide bonds. The van der Waals surface area contributed by atoms with Crippen molar-refractivity contribution in [2.75, 3.05) is 13.2 Å². The molecule has 28 heavy (non-hydrogen) atoms. The van der Waals surface area contributed by atoms with E-state index in [2.05, 4.69) is 6.92 Å². The molecule has 2 unspecified atom stereocenters. The maximum absolute atomic E-state index is 12.5. The van der Waals surface area contributed by atoms with Crippen LogP contribution in [0.15, 0.2) is 0 Å². The van der Waals surface area contributed by atoms with Gasteiger partial charge < -0.3 is 9.47 Å². The van der Waals surface area contributed by atoms with Crippen molar-refractivity contribution in [1.82, 2.24) is 0 Å². The maximum atomic E-state index is 12.5. The van der Waals surface area contributed by atoms with Crippen molar-refractivity contribution >= 4 is 11.9 Å². The molecule has 1 saturated carbocycles. The molecule has 0 N–H and O–H groups in total. The fourth-order valence-electron chi connectivity index (χ4n) is 3.92. The molecule has 0 aliphatic heterocycles. The van der Waals surface area contributed by atoms with Crippen LogP contribution in [-0.2, 0) is 19.1 Å². The molecule has 0 aromatic heterocycles. The van der Waals surface area contributed by atoms with Gasteiger partial charge in [-0.25, -0.2) is 0 Å². The van der Waals surface area contributed by atoms with E-state index in [0.29, 0.717) is 19.1 Å². The van der Waals surface area contributed by atoms with E-state index in [1.54, 1.807) is 0 Å². The molecule has 0 aromatic rings. The van der Waals surface area contributed by atoms with Gasteiger partial charge in [0.05, 0.1) is 25.0 Å². The van der Waals surface area contributed by atoms with Crippen LogP contribution in [0.2, 0.25) is 0 Å². The molecule has 164 valence electrons. The molecule has 1 aliphatic rings. The SMILES string of the molecule is CCCCCCCCCCCCOC(=O)C1CCCCC1C(=O)OCC(C)C. The maximum Gasteiger partial charge on any atom is 0.309 e. The van der Waals surface area contributed by atoms with Crippen LogP contribution in [0.1, 0.15) is 111 Å². The Morgan fingerprint density at radius 2 is 1.21 bits per heavy atom. The van der Waals surface area contributed by atoms with Gasteiger partial charge in [-0.15, -0.1) is 0 Å². The number of hydrogen-bond acceptors (Lipinski definition) is 4. The fourth-order valence-corrected chi connectivity index (χ4v) is 3.92. The molecule has 1 aliphatic carbocycles. The minimum Gasteiger partial charge on any atom is -0.465 e. The van der Waals surface area contributed by atoms with Crippen molar-refractivity contribution in [1.29, 1.82) is 0 Å². The number of ether oxygens (including phenoxy) is 2. The van der Waals surface area contributed by atoms with Crippen LogP contribution < -0.4 is 0 Å². The van der Waals surface area contributed by atoms with Crippen molar-refractivity contribution in [3.05, 3.63) is 0 Å². The Bertz CT molecular complexity index is 419. The van der Waals surface area contributed by atoms with Gasteiger partial charge in [0, 0.05) is 0 Å². The third kappa shape index (κ3) is 11.1. The first-order valence-electron chi connectivity index (χ1n) is 11.9. The minimum absolute atomic E-state index is 0.192. The molecule has 0 spiro atoms. The molecule has 0 saturated heterocycles. The lowest BCUT2D eigenvalue weighted by Crippen LogP contribution is -2.35.